The van der Waals surface area contributed by atoms with Gasteiger partial charge in [-0.3, -0.25) is 24.6 Å². The molecule has 2 fully saturated rings. The number of ether oxygens (including phenoxy) is 5. The smallest absolute Gasteiger partial charge is 0.308 e. The van der Waals surface area contributed by atoms with Gasteiger partial charge >= 0.3 is 5.97 Å². The molecule has 14 heteroatoms. The van der Waals surface area contributed by atoms with Gasteiger partial charge < -0.3 is 43.9 Å². The highest BCUT2D eigenvalue weighted by molar-refractivity contribution is 6.05. The molecule has 4 atom stereocenters. The number of hydrogen-bond donors (Lipinski definition) is 4. The molecule has 4 N–H and O–H groups in total. The second kappa shape index (κ2) is 10.8. The van der Waals surface area contributed by atoms with Gasteiger partial charge in [0.1, 0.15) is 22.8 Å². The Bertz CT molecular complexity index is 1520. The van der Waals surface area contributed by atoms with Gasteiger partial charge in [0.25, 0.3) is 5.91 Å². The second-order valence-electron chi connectivity index (χ2n) is 12.5. The van der Waals surface area contributed by atoms with Crippen molar-refractivity contribution in [1.82, 2.24) is 10.2 Å². The summed E-state index contributed by atoms with van der Waals surface area (Å²) in [6.07, 6.45) is 0.493. The maximum atomic E-state index is 13.6. The van der Waals surface area contributed by atoms with E-state index >= 15 is 0 Å². The summed E-state index contributed by atoms with van der Waals surface area (Å²) >= 11 is 0. The second-order valence-corrected chi connectivity index (χ2v) is 12.5. The van der Waals surface area contributed by atoms with Gasteiger partial charge in [0.05, 0.1) is 38.0 Å². The molecule has 2 heterocycles. The van der Waals surface area contributed by atoms with Crippen LogP contribution >= 0.6 is 0 Å². The number of nitrogens with one attached hydrogen (secondary N) is 1. The first-order valence-corrected chi connectivity index (χ1v) is 14.9. The van der Waals surface area contributed by atoms with Crippen LogP contribution in [0.1, 0.15) is 31.4 Å². The number of anilines is 1. The minimum Gasteiger partial charge on any atom is -0.510 e. The van der Waals surface area contributed by atoms with Gasteiger partial charge in [-0.1, -0.05) is 0 Å². The Labute approximate surface area is 260 Å². The van der Waals surface area contributed by atoms with Gasteiger partial charge in [0, 0.05) is 45.1 Å². The first-order chi connectivity index (χ1) is 21.2. The molecule has 0 bridgehead atoms. The Kier molecular flexibility index (Phi) is 7.54. The highest BCUT2D eigenvalue weighted by Gasteiger charge is 2.75. The fourth-order valence-electron chi connectivity index (χ4n) is 8.04. The molecule has 1 aromatic rings. The number of nitrogens with zero attached hydrogens (tertiary/aromatic N) is 2. The van der Waals surface area contributed by atoms with E-state index in [1.807, 2.05) is 25.1 Å². The Balaban J connectivity index is 1.67. The lowest BCUT2D eigenvalue weighted by Crippen LogP contribution is -2.72. The topological polar surface area (TPSA) is 177 Å². The zero-order valence-electron chi connectivity index (χ0n) is 26.1. The van der Waals surface area contributed by atoms with Gasteiger partial charge in [-0.15, -0.1) is 0 Å². The van der Waals surface area contributed by atoms with Gasteiger partial charge in [-0.25, -0.2) is 0 Å². The number of imide groups is 1. The maximum absolute atomic E-state index is 13.6. The lowest BCUT2D eigenvalue weighted by Gasteiger charge is -2.58. The van der Waals surface area contributed by atoms with E-state index in [2.05, 4.69) is 5.32 Å². The van der Waals surface area contributed by atoms with Crippen molar-refractivity contribution in [1.29, 1.82) is 0 Å². The summed E-state index contributed by atoms with van der Waals surface area (Å²) in [5, 5.41) is 39.4. The fourth-order valence-corrected chi connectivity index (χ4v) is 8.04. The summed E-state index contributed by atoms with van der Waals surface area (Å²) < 4.78 is 30.5. The minimum absolute atomic E-state index is 0.0817. The number of aliphatic hydroxyl groups excluding tert-OH is 2. The van der Waals surface area contributed by atoms with E-state index in [9.17, 15) is 29.7 Å². The normalized spacial score (nSPS) is 29.5. The summed E-state index contributed by atoms with van der Waals surface area (Å²) in [7, 11) is 7.10. The van der Waals surface area contributed by atoms with Gasteiger partial charge in [-0.2, -0.15) is 0 Å². The average molecular weight is 630 g/mol. The van der Waals surface area contributed by atoms with E-state index < -0.39 is 69.9 Å². The number of hydrogen-bond acceptors (Lipinski definition) is 13. The molecule has 0 aromatic heterocycles. The van der Waals surface area contributed by atoms with Crippen molar-refractivity contribution < 1.29 is 53.4 Å². The molecule has 0 saturated carbocycles. The minimum atomic E-state index is -2.47. The molecule has 14 nitrogen and oxygen atoms in total. The van der Waals surface area contributed by atoms with Crippen LogP contribution in [-0.4, -0.2) is 110 Å². The largest absolute Gasteiger partial charge is 0.510 e. The Morgan fingerprint density at radius 2 is 1.60 bits per heavy atom. The zero-order chi connectivity index (χ0) is 32.6. The highest BCUT2D eigenvalue weighted by atomic mass is 16.8. The van der Waals surface area contributed by atoms with Crippen molar-refractivity contribution in [2.45, 2.75) is 49.9 Å². The molecule has 45 heavy (non-hydrogen) atoms. The van der Waals surface area contributed by atoms with Crippen molar-refractivity contribution in [3.63, 3.8) is 0 Å². The van der Waals surface area contributed by atoms with Crippen LogP contribution in [0.3, 0.4) is 0 Å². The molecule has 0 unspecified atom stereocenters. The van der Waals surface area contributed by atoms with Crippen molar-refractivity contribution in [3.8, 4) is 5.75 Å². The molecule has 6 rings (SSSR count). The third-order valence-corrected chi connectivity index (χ3v) is 9.43. The number of likely N-dealkylation sites (N-methyl/N-ethyl adjacent to an activating group) is 1. The number of aliphatic hydroxyl groups is 3. The van der Waals surface area contributed by atoms with E-state index in [1.54, 1.807) is 25.1 Å². The van der Waals surface area contributed by atoms with E-state index in [0.717, 1.165) is 18.2 Å². The highest BCUT2D eigenvalue weighted by Crippen LogP contribution is 2.64. The van der Waals surface area contributed by atoms with Crippen LogP contribution in [0.25, 0.3) is 0 Å². The average Bonchev–Trinajstić information content (AvgIpc) is 3.61. The van der Waals surface area contributed by atoms with Crippen molar-refractivity contribution in [3.05, 3.63) is 45.9 Å². The van der Waals surface area contributed by atoms with Crippen LogP contribution in [0.2, 0.25) is 0 Å². The van der Waals surface area contributed by atoms with E-state index in [0.29, 0.717) is 12.0 Å². The third-order valence-electron chi connectivity index (χ3n) is 9.43. The van der Waals surface area contributed by atoms with Crippen LogP contribution in [0, 0.1) is 11.8 Å². The summed E-state index contributed by atoms with van der Waals surface area (Å²) in [6, 6.07) is 2.47. The van der Waals surface area contributed by atoms with Crippen molar-refractivity contribution >= 4 is 23.5 Å². The summed E-state index contributed by atoms with van der Waals surface area (Å²) in [6.45, 7) is 2.50. The van der Waals surface area contributed by atoms with Gasteiger partial charge in [0.15, 0.2) is 5.60 Å². The molecule has 2 aliphatic heterocycles. The predicted molar refractivity (Wildman–Crippen MR) is 156 cm³/mol. The standard InChI is InChI=1S/C31H39N3O11/c1-15(35)32-28(39)24-26(37)25(34(5)6)19-14-17-13-18-20(33(3)4)7-8-21(45-16(2)36)23(18)30(41-9-10-42-30)22(17)27(38)29(19,40)31(24)43-11-12-44-31/h7-8,17,19,25,37-38,40H,9-14H2,1-6H3,(H,32,35,39)/t17-,19-,25-,29-/m0/s1. The SMILES string of the molecule is CC(=O)NC(=O)C1=C(O)[C@@H](N(C)C)[C@@H]2C[C@@H]3Cc4c(N(C)C)ccc(OC(C)=O)c4C4(OCCO4)C3=C(O)[C@]2(O)C12OCCO2. The molecule has 2 saturated heterocycles. The molecular formula is C31H39N3O11. The monoisotopic (exact) mass is 629 g/mol. The maximum Gasteiger partial charge on any atom is 0.308 e. The van der Waals surface area contributed by atoms with Gasteiger partial charge in [-0.05, 0) is 50.6 Å². The molecule has 0 radical (unpaired) electrons. The molecule has 3 aliphatic carbocycles. The van der Waals surface area contributed by atoms with Crippen LogP contribution in [0.4, 0.5) is 5.69 Å². The molecule has 1 aromatic carbocycles. The lowest BCUT2D eigenvalue weighted by atomic mass is 9.56. The summed E-state index contributed by atoms with van der Waals surface area (Å²) in [5.74, 6) is -8.84. The number of benzene rings is 1. The molecule has 5 aliphatic rings. The first kappa shape index (κ1) is 31.5. The number of carbonyl (C=O) groups excluding carboxylic acids is 3. The van der Waals surface area contributed by atoms with Crippen LogP contribution in [0.15, 0.2) is 34.8 Å². The summed E-state index contributed by atoms with van der Waals surface area (Å²) in [4.78, 5) is 41.3. The Morgan fingerprint density at radius 3 is 2.16 bits per heavy atom. The summed E-state index contributed by atoms with van der Waals surface area (Å²) in [5.41, 5.74) is -0.839. The third kappa shape index (κ3) is 4.27. The molecule has 244 valence electrons. The van der Waals surface area contributed by atoms with E-state index in [4.69, 9.17) is 23.7 Å². The molecule has 2 spiro atoms. The fraction of sp³-hybridized carbons (Fsp3) is 0.581. The number of fused-ring (bicyclic) bond motifs is 6. The number of amides is 2. The van der Waals surface area contributed by atoms with Crippen LogP contribution in [0.5, 0.6) is 5.75 Å². The number of rotatable bonds is 4. The Hall–Kier alpha value is -3.53. The van der Waals surface area contributed by atoms with Crippen molar-refractivity contribution in [2.75, 3.05) is 59.5 Å². The molecule has 2 amide bonds. The predicted octanol–water partition coefficient (Wildman–Crippen LogP) is 0.775. The quantitative estimate of drug-likeness (QED) is 0.272. The number of carbonyl (C=O) groups is 3. The zero-order valence-corrected chi connectivity index (χ0v) is 26.1. The van der Waals surface area contributed by atoms with Crippen LogP contribution in [-0.2, 0) is 45.5 Å². The van der Waals surface area contributed by atoms with Gasteiger partial charge in [0.2, 0.25) is 17.5 Å². The number of esters is 1. The molecular weight excluding hydrogens is 590 g/mol. The lowest BCUT2D eigenvalue weighted by molar-refractivity contribution is -0.281. The van der Waals surface area contributed by atoms with E-state index in [-0.39, 0.29) is 44.2 Å². The van der Waals surface area contributed by atoms with Crippen LogP contribution < -0.4 is 15.0 Å². The van der Waals surface area contributed by atoms with Crippen molar-refractivity contribution in [2.24, 2.45) is 11.8 Å². The first-order valence-electron chi connectivity index (χ1n) is 14.9. The van der Waals surface area contributed by atoms with E-state index in [1.165, 1.54) is 6.92 Å². The Morgan fingerprint density at radius 1 is 0.978 bits per heavy atom.